The number of aryl methyl sites for hydroxylation is 2. The monoisotopic (exact) mass is 556 g/mol. The molecule has 1 aliphatic heterocycles. The van der Waals surface area contributed by atoms with E-state index < -0.39 is 17.4 Å². The first-order valence-electron chi connectivity index (χ1n) is 13.6. The molecule has 3 aromatic carbocycles. The van der Waals surface area contributed by atoms with E-state index in [9.17, 15) is 19.5 Å². The molecule has 8 heteroatoms. The van der Waals surface area contributed by atoms with Crippen molar-refractivity contribution in [3.63, 3.8) is 0 Å². The van der Waals surface area contributed by atoms with Crippen molar-refractivity contribution in [1.82, 2.24) is 9.80 Å². The van der Waals surface area contributed by atoms with Crippen molar-refractivity contribution in [2.24, 2.45) is 0 Å². The van der Waals surface area contributed by atoms with Crippen LogP contribution in [0, 0.1) is 6.92 Å². The molecule has 1 unspecified atom stereocenters. The number of aliphatic hydroxyl groups is 1. The Morgan fingerprint density at radius 3 is 2.05 bits per heavy atom. The summed E-state index contributed by atoms with van der Waals surface area (Å²) in [5.74, 6) is 0.466. The molecule has 8 nitrogen and oxygen atoms in total. The van der Waals surface area contributed by atoms with E-state index >= 15 is 0 Å². The topological polar surface area (TPSA) is 96.4 Å². The molecular weight excluding hydrogens is 520 g/mol. The van der Waals surface area contributed by atoms with Gasteiger partial charge in [0.15, 0.2) is 0 Å². The quantitative estimate of drug-likeness (QED) is 0.268. The van der Waals surface area contributed by atoms with E-state index in [1.165, 1.54) is 12.2 Å². The number of nitrogens with zero attached hydrogens (tertiary/aromatic N) is 2. The summed E-state index contributed by atoms with van der Waals surface area (Å²) in [7, 11) is 4.93. The largest absolute Gasteiger partial charge is 0.497 e. The number of hydrogen-bond donors (Lipinski definition) is 1. The Bertz CT molecular complexity index is 1410. The van der Waals surface area contributed by atoms with E-state index in [4.69, 9.17) is 9.47 Å². The molecule has 0 saturated carbocycles. The molecule has 214 valence electrons. The number of carbonyl (C=O) groups excluding carboxylic acids is 3. The van der Waals surface area contributed by atoms with Crippen LogP contribution in [0.1, 0.15) is 40.7 Å². The minimum Gasteiger partial charge on any atom is -0.497 e. The van der Waals surface area contributed by atoms with Crippen molar-refractivity contribution in [2.45, 2.75) is 31.8 Å². The van der Waals surface area contributed by atoms with E-state index in [0.29, 0.717) is 42.0 Å². The maximum absolute atomic E-state index is 12.6. The molecule has 0 spiro atoms. The predicted octanol–water partition coefficient (Wildman–Crippen LogP) is 4.00. The normalized spacial score (nSPS) is 14.2. The van der Waals surface area contributed by atoms with Gasteiger partial charge in [0.2, 0.25) is 5.91 Å². The van der Waals surface area contributed by atoms with Gasteiger partial charge < -0.3 is 19.5 Å². The van der Waals surface area contributed by atoms with Crippen LogP contribution in [0.4, 0.5) is 0 Å². The molecule has 41 heavy (non-hydrogen) atoms. The summed E-state index contributed by atoms with van der Waals surface area (Å²) in [5, 5.41) is 12.3. The fourth-order valence-corrected chi connectivity index (χ4v) is 5.01. The molecule has 1 heterocycles. The molecule has 0 saturated heterocycles. The minimum absolute atomic E-state index is 0.0622. The number of methoxy groups -OCH3 is 2. The molecule has 0 radical (unpaired) electrons. The van der Waals surface area contributed by atoms with Crippen LogP contribution < -0.4 is 9.47 Å². The van der Waals surface area contributed by atoms with Crippen LogP contribution >= 0.6 is 0 Å². The van der Waals surface area contributed by atoms with E-state index in [1.807, 2.05) is 73.7 Å². The van der Waals surface area contributed by atoms with Crippen molar-refractivity contribution < 1.29 is 29.0 Å². The van der Waals surface area contributed by atoms with E-state index in [0.717, 1.165) is 21.6 Å². The summed E-state index contributed by atoms with van der Waals surface area (Å²) < 4.78 is 11.0. The zero-order valence-corrected chi connectivity index (χ0v) is 23.9. The molecule has 4 rings (SSSR count). The highest BCUT2D eigenvalue weighted by atomic mass is 16.5. The lowest BCUT2D eigenvalue weighted by Crippen LogP contribution is -2.35. The highest BCUT2D eigenvalue weighted by Gasteiger charge is 2.34. The zero-order valence-electron chi connectivity index (χ0n) is 23.9. The van der Waals surface area contributed by atoms with Crippen LogP contribution in [0.15, 0.2) is 78.9 Å². The third kappa shape index (κ3) is 6.49. The first-order chi connectivity index (χ1) is 19.7. The Balaban J connectivity index is 1.52. The van der Waals surface area contributed by atoms with Gasteiger partial charge in [0.1, 0.15) is 17.1 Å². The first-order valence-corrected chi connectivity index (χ1v) is 13.6. The molecule has 1 atom stereocenters. The van der Waals surface area contributed by atoms with Crippen LogP contribution in [0.3, 0.4) is 0 Å². The summed E-state index contributed by atoms with van der Waals surface area (Å²) in [4.78, 5) is 38.8. The molecule has 3 amide bonds. The summed E-state index contributed by atoms with van der Waals surface area (Å²) in [5.41, 5.74) is 2.71. The Labute approximate surface area is 240 Å². The van der Waals surface area contributed by atoms with Crippen LogP contribution in [0.5, 0.6) is 11.5 Å². The molecule has 0 fully saturated rings. The molecule has 0 aromatic heterocycles. The first kappa shape index (κ1) is 29.6. The smallest absolute Gasteiger partial charge is 0.253 e. The lowest BCUT2D eigenvalue weighted by atomic mass is 9.79. The van der Waals surface area contributed by atoms with Gasteiger partial charge in [0.05, 0.1) is 14.2 Å². The van der Waals surface area contributed by atoms with Crippen LogP contribution in [0.25, 0.3) is 0 Å². The molecule has 0 aliphatic carbocycles. The van der Waals surface area contributed by atoms with Gasteiger partial charge in [0.25, 0.3) is 11.8 Å². The van der Waals surface area contributed by atoms with Gasteiger partial charge in [-0.2, -0.15) is 0 Å². The molecule has 1 N–H and O–H groups in total. The summed E-state index contributed by atoms with van der Waals surface area (Å²) in [6.45, 7) is 2.55. The number of rotatable bonds is 12. The average Bonchev–Trinajstić information content (AvgIpc) is 3.31. The second kappa shape index (κ2) is 12.8. The van der Waals surface area contributed by atoms with Crippen molar-refractivity contribution in [1.29, 1.82) is 0 Å². The van der Waals surface area contributed by atoms with Crippen molar-refractivity contribution in [2.75, 3.05) is 34.4 Å². The summed E-state index contributed by atoms with van der Waals surface area (Å²) in [6, 6.07) is 20.9. The average molecular weight is 557 g/mol. The van der Waals surface area contributed by atoms with Gasteiger partial charge in [-0.1, -0.05) is 48.0 Å². The number of benzene rings is 3. The lowest BCUT2D eigenvalue weighted by molar-refractivity contribution is -0.137. The SMILES string of the molecule is COc1ccc(C(O)(c2ccc(C)cc2)c2ccc(OC)c(CCCN(C)C(=O)CCN3C(=O)C=CC3=O)c2)cc1. The zero-order chi connectivity index (χ0) is 29.6. The summed E-state index contributed by atoms with van der Waals surface area (Å²) in [6.07, 6.45) is 3.75. The third-order valence-electron chi connectivity index (χ3n) is 7.49. The Morgan fingerprint density at radius 2 is 1.46 bits per heavy atom. The maximum atomic E-state index is 12.6. The maximum Gasteiger partial charge on any atom is 0.253 e. The van der Waals surface area contributed by atoms with E-state index in [-0.39, 0.29) is 18.9 Å². The second-order valence-electron chi connectivity index (χ2n) is 10.2. The minimum atomic E-state index is -1.42. The fraction of sp³-hybridized carbons (Fsp3) is 0.303. The molecular formula is C33H36N2O6. The van der Waals surface area contributed by atoms with Gasteiger partial charge in [-0.25, -0.2) is 0 Å². The number of amides is 3. The van der Waals surface area contributed by atoms with Gasteiger partial charge in [-0.3, -0.25) is 19.3 Å². The van der Waals surface area contributed by atoms with E-state index in [2.05, 4.69) is 0 Å². The van der Waals surface area contributed by atoms with Crippen LogP contribution in [-0.4, -0.2) is 67.0 Å². The fourth-order valence-electron chi connectivity index (χ4n) is 5.01. The van der Waals surface area contributed by atoms with Crippen molar-refractivity contribution in [3.8, 4) is 11.5 Å². The molecule has 1 aliphatic rings. The van der Waals surface area contributed by atoms with Crippen molar-refractivity contribution >= 4 is 17.7 Å². The number of imide groups is 1. The van der Waals surface area contributed by atoms with Gasteiger partial charge in [-0.05, 0) is 66.3 Å². The van der Waals surface area contributed by atoms with Gasteiger partial charge in [0, 0.05) is 38.7 Å². The van der Waals surface area contributed by atoms with Crippen molar-refractivity contribution in [3.05, 3.63) is 107 Å². The Morgan fingerprint density at radius 1 is 0.878 bits per heavy atom. The predicted molar refractivity (Wildman–Crippen MR) is 156 cm³/mol. The Kier molecular flexibility index (Phi) is 9.24. The highest BCUT2D eigenvalue weighted by Crippen LogP contribution is 2.39. The third-order valence-corrected chi connectivity index (χ3v) is 7.49. The van der Waals surface area contributed by atoms with E-state index in [1.54, 1.807) is 26.2 Å². The standard InChI is InChI=1S/C33H36N2O6/c1-23-7-9-25(10-8-23)33(39,26-11-14-28(40-3)15-12-26)27-13-16-29(41-4)24(22-27)6-5-20-34(2)30(36)19-21-35-31(37)17-18-32(35)38/h7-18,22,39H,5-6,19-21H2,1-4H3. The van der Waals surface area contributed by atoms with Gasteiger partial charge >= 0.3 is 0 Å². The van der Waals surface area contributed by atoms with Crippen LogP contribution in [0.2, 0.25) is 0 Å². The number of ether oxygens (including phenoxy) is 2. The number of carbonyl (C=O) groups is 3. The second-order valence-corrected chi connectivity index (χ2v) is 10.2. The summed E-state index contributed by atoms with van der Waals surface area (Å²) >= 11 is 0. The molecule has 3 aromatic rings. The van der Waals surface area contributed by atoms with Crippen LogP contribution in [-0.2, 0) is 26.4 Å². The number of hydrogen-bond acceptors (Lipinski definition) is 6. The highest BCUT2D eigenvalue weighted by molar-refractivity contribution is 6.13. The Hall–Kier alpha value is -4.43. The molecule has 0 bridgehead atoms. The van der Waals surface area contributed by atoms with Gasteiger partial charge in [-0.15, -0.1) is 0 Å². The lowest BCUT2D eigenvalue weighted by Gasteiger charge is -2.31.